The summed E-state index contributed by atoms with van der Waals surface area (Å²) >= 11 is 0. The van der Waals surface area contributed by atoms with Crippen molar-refractivity contribution in [1.82, 2.24) is 0 Å². The maximum atomic E-state index is 11.3. The predicted octanol–water partition coefficient (Wildman–Crippen LogP) is 0.814. The fraction of sp³-hybridized carbons (Fsp3) is 0.900. The van der Waals surface area contributed by atoms with Gasteiger partial charge in [0, 0.05) is 6.61 Å². The topological polar surface area (TPSA) is 46.5 Å². The highest BCUT2D eigenvalue weighted by Crippen LogP contribution is 2.59. The number of rotatable bonds is 3. The molecule has 0 spiro atoms. The van der Waals surface area contributed by atoms with Crippen molar-refractivity contribution in [2.45, 2.75) is 19.8 Å². The van der Waals surface area contributed by atoms with E-state index in [-0.39, 0.29) is 18.5 Å². The summed E-state index contributed by atoms with van der Waals surface area (Å²) in [4.78, 5) is 11.3. The normalized spacial score (nSPS) is 37.2. The number of ether oxygens (including phenoxy) is 1. The quantitative estimate of drug-likeness (QED) is 0.660. The van der Waals surface area contributed by atoms with Gasteiger partial charge >= 0.3 is 5.97 Å². The van der Waals surface area contributed by atoms with Crippen molar-refractivity contribution in [1.29, 1.82) is 0 Å². The molecule has 2 aliphatic carbocycles. The van der Waals surface area contributed by atoms with Crippen LogP contribution in [0.3, 0.4) is 0 Å². The Labute approximate surface area is 78.1 Å². The number of carbonyl (C=O) groups excluding carboxylic acids is 1. The maximum absolute atomic E-state index is 11.3. The molecule has 2 rings (SSSR count). The average Bonchev–Trinajstić information content (AvgIpc) is 2.63. The second-order valence-corrected chi connectivity index (χ2v) is 4.13. The Morgan fingerprint density at radius 2 is 2.08 bits per heavy atom. The Kier molecular flexibility index (Phi) is 2.28. The van der Waals surface area contributed by atoms with Crippen LogP contribution < -0.4 is 0 Å². The highest BCUT2D eigenvalue weighted by molar-refractivity contribution is 5.76. The number of fused-ring (bicyclic) bond motifs is 1. The molecule has 3 nitrogen and oxygen atoms in total. The molecule has 2 aliphatic rings. The molecule has 0 aromatic heterocycles. The van der Waals surface area contributed by atoms with Crippen LogP contribution in [0, 0.1) is 23.7 Å². The molecule has 0 aliphatic heterocycles. The van der Waals surface area contributed by atoms with Crippen molar-refractivity contribution >= 4 is 5.97 Å². The first-order valence-electron chi connectivity index (χ1n) is 5.05. The van der Waals surface area contributed by atoms with Gasteiger partial charge in [-0.05, 0) is 37.5 Å². The summed E-state index contributed by atoms with van der Waals surface area (Å²) in [6.45, 7) is 2.60. The van der Waals surface area contributed by atoms with Crippen molar-refractivity contribution in [3.8, 4) is 0 Å². The van der Waals surface area contributed by atoms with E-state index in [0.29, 0.717) is 24.4 Å². The lowest BCUT2D eigenvalue weighted by atomic mass is 10.0. The zero-order valence-electron chi connectivity index (χ0n) is 7.90. The molecular formula is C10H16O3. The third-order valence-corrected chi connectivity index (χ3v) is 3.36. The molecule has 13 heavy (non-hydrogen) atoms. The summed E-state index contributed by atoms with van der Waals surface area (Å²) in [6, 6.07) is 0. The minimum absolute atomic E-state index is 0.0195. The Morgan fingerprint density at radius 1 is 1.46 bits per heavy atom. The molecule has 3 heteroatoms. The van der Waals surface area contributed by atoms with Gasteiger partial charge in [0.05, 0.1) is 12.5 Å². The molecule has 2 fully saturated rings. The summed E-state index contributed by atoms with van der Waals surface area (Å²) in [5.41, 5.74) is 0. The SMILES string of the molecule is CCOC(=O)C1[C@@H]2CC(CO)C[C@@H]12. The molecule has 0 aromatic rings. The van der Waals surface area contributed by atoms with E-state index in [9.17, 15) is 4.79 Å². The highest BCUT2D eigenvalue weighted by atomic mass is 16.5. The summed E-state index contributed by atoms with van der Waals surface area (Å²) in [7, 11) is 0. The van der Waals surface area contributed by atoms with Gasteiger partial charge in [0.1, 0.15) is 0 Å². The Balaban J connectivity index is 1.81. The van der Waals surface area contributed by atoms with E-state index >= 15 is 0 Å². The third-order valence-electron chi connectivity index (χ3n) is 3.36. The molecule has 0 heterocycles. The van der Waals surface area contributed by atoms with Gasteiger partial charge in [0.15, 0.2) is 0 Å². The zero-order chi connectivity index (χ0) is 9.42. The first-order chi connectivity index (χ1) is 6.27. The minimum atomic E-state index is -0.0195. The van der Waals surface area contributed by atoms with Crippen LogP contribution in [-0.4, -0.2) is 24.3 Å². The molecule has 0 saturated heterocycles. The second kappa shape index (κ2) is 3.29. The number of aliphatic hydroxyl groups is 1. The van der Waals surface area contributed by atoms with Crippen LogP contribution in [0.1, 0.15) is 19.8 Å². The number of carbonyl (C=O) groups is 1. The van der Waals surface area contributed by atoms with E-state index in [2.05, 4.69) is 0 Å². The van der Waals surface area contributed by atoms with Crippen molar-refractivity contribution in [2.75, 3.05) is 13.2 Å². The van der Waals surface area contributed by atoms with E-state index in [0.717, 1.165) is 12.8 Å². The first kappa shape index (κ1) is 9.00. The fourth-order valence-electron chi connectivity index (χ4n) is 2.69. The molecule has 0 radical (unpaired) electrons. The van der Waals surface area contributed by atoms with Gasteiger partial charge in [0.2, 0.25) is 0 Å². The lowest BCUT2D eigenvalue weighted by Gasteiger charge is -2.09. The van der Waals surface area contributed by atoms with Gasteiger partial charge in [-0.1, -0.05) is 0 Å². The first-order valence-corrected chi connectivity index (χ1v) is 5.05. The van der Waals surface area contributed by atoms with Crippen molar-refractivity contribution < 1.29 is 14.6 Å². The number of esters is 1. The smallest absolute Gasteiger partial charge is 0.309 e. The molecular weight excluding hydrogens is 168 g/mol. The minimum Gasteiger partial charge on any atom is -0.466 e. The molecule has 0 aromatic carbocycles. The zero-order valence-corrected chi connectivity index (χ0v) is 7.90. The standard InChI is InChI=1S/C10H16O3/c1-2-13-10(12)9-7-3-6(5-11)4-8(7)9/h6-9,11H,2-5H2,1H3/t6?,7-,8-,9?/m1/s1. The van der Waals surface area contributed by atoms with Crippen LogP contribution in [0.5, 0.6) is 0 Å². The van der Waals surface area contributed by atoms with Gasteiger partial charge in [-0.3, -0.25) is 4.79 Å². The van der Waals surface area contributed by atoms with Gasteiger partial charge < -0.3 is 9.84 Å². The van der Waals surface area contributed by atoms with Gasteiger partial charge in [-0.25, -0.2) is 0 Å². The maximum Gasteiger partial charge on any atom is 0.309 e. The monoisotopic (exact) mass is 184 g/mol. The average molecular weight is 184 g/mol. The van der Waals surface area contributed by atoms with Crippen molar-refractivity contribution in [2.24, 2.45) is 23.7 Å². The summed E-state index contributed by atoms with van der Waals surface area (Å²) in [6.07, 6.45) is 2.04. The fourth-order valence-corrected chi connectivity index (χ4v) is 2.69. The largest absolute Gasteiger partial charge is 0.466 e. The van der Waals surface area contributed by atoms with E-state index in [4.69, 9.17) is 9.84 Å². The lowest BCUT2D eigenvalue weighted by Crippen LogP contribution is -2.13. The van der Waals surface area contributed by atoms with Crippen LogP contribution in [-0.2, 0) is 9.53 Å². The van der Waals surface area contributed by atoms with Crippen LogP contribution in [0.25, 0.3) is 0 Å². The van der Waals surface area contributed by atoms with Crippen LogP contribution in [0.15, 0.2) is 0 Å². The number of aliphatic hydroxyl groups excluding tert-OH is 1. The van der Waals surface area contributed by atoms with E-state index in [1.54, 1.807) is 0 Å². The lowest BCUT2D eigenvalue weighted by molar-refractivity contribution is -0.145. The van der Waals surface area contributed by atoms with Crippen molar-refractivity contribution in [3.05, 3.63) is 0 Å². The molecule has 1 N–H and O–H groups in total. The third kappa shape index (κ3) is 1.46. The Bertz CT molecular complexity index is 202. The predicted molar refractivity (Wildman–Crippen MR) is 46.9 cm³/mol. The molecule has 2 saturated carbocycles. The number of hydrogen-bond donors (Lipinski definition) is 1. The summed E-state index contributed by atoms with van der Waals surface area (Å²) < 4.78 is 4.97. The molecule has 0 amide bonds. The highest BCUT2D eigenvalue weighted by Gasteiger charge is 2.60. The van der Waals surface area contributed by atoms with Gasteiger partial charge in [0.25, 0.3) is 0 Å². The summed E-state index contributed by atoms with van der Waals surface area (Å²) in [5, 5.41) is 8.92. The molecule has 2 atom stereocenters. The van der Waals surface area contributed by atoms with E-state index < -0.39 is 0 Å². The second-order valence-electron chi connectivity index (χ2n) is 4.13. The van der Waals surface area contributed by atoms with Crippen LogP contribution >= 0.6 is 0 Å². The Hall–Kier alpha value is -0.570. The summed E-state index contributed by atoms with van der Waals surface area (Å²) in [5.74, 6) is 1.64. The van der Waals surface area contributed by atoms with E-state index in [1.165, 1.54) is 0 Å². The van der Waals surface area contributed by atoms with Gasteiger partial charge in [-0.2, -0.15) is 0 Å². The number of hydrogen-bond acceptors (Lipinski definition) is 3. The van der Waals surface area contributed by atoms with Crippen LogP contribution in [0.2, 0.25) is 0 Å². The molecule has 0 bridgehead atoms. The van der Waals surface area contributed by atoms with E-state index in [1.807, 2.05) is 6.92 Å². The molecule has 74 valence electrons. The van der Waals surface area contributed by atoms with Crippen LogP contribution in [0.4, 0.5) is 0 Å². The van der Waals surface area contributed by atoms with Crippen molar-refractivity contribution in [3.63, 3.8) is 0 Å². The van der Waals surface area contributed by atoms with Gasteiger partial charge in [-0.15, -0.1) is 0 Å². The molecule has 0 unspecified atom stereocenters. The Morgan fingerprint density at radius 3 is 2.54 bits per heavy atom.